The molecule has 0 unspecified atom stereocenters. The van der Waals surface area contributed by atoms with Crippen LogP contribution in [0.2, 0.25) is 0 Å². The minimum absolute atomic E-state index is 0.415. The Kier molecular flexibility index (Phi) is 4.59. The predicted octanol–water partition coefficient (Wildman–Crippen LogP) is 2.95. The number of ether oxygens (including phenoxy) is 1. The minimum Gasteiger partial charge on any atom is -0.496 e. The Bertz CT molecular complexity index is 446. The van der Waals surface area contributed by atoms with Crippen molar-refractivity contribution < 1.29 is 9.53 Å². The van der Waals surface area contributed by atoms with Gasteiger partial charge in [-0.05, 0) is 32.9 Å². The molecule has 1 saturated carbocycles. The standard InChI is InChI=1S/C16H23NO2/c1-12-4-9-16(19-3)13(10-12)11-17(2)14-5-7-15(18)8-6-14/h4,9-10,14H,5-8,11H2,1-3H3. The quantitative estimate of drug-likeness (QED) is 0.834. The van der Waals surface area contributed by atoms with Gasteiger partial charge in [0.2, 0.25) is 0 Å². The van der Waals surface area contributed by atoms with E-state index in [9.17, 15) is 4.79 Å². The van der Waals surface area contributed by atoms with Gasteiger partial charge in [0.15, 0.2) is 0 Å². The molecule has 1 aliphatic rings. The van der Waals surface area contributed by atoms with Gasteiger partial charge in [-0.1, -0.05) is 17.7 Å². The Hall–Kier alpha value is -1.35. The number of Topliss-reactive ketones (excluding diaryl/α,β-unsaturated/α-hetero) is 1. The van der Waals surface area contributed by atoms with Crippen LogP contribution < -0.4 is 4.74 Å². The summed E-state index contributed by atoms with van der Waals surface area (Å²) in [5.74, 6) is 1.36. The topological polar surface area (TPSA) is 29.5 Å². The van der Waals surface area contributed by atoms with Gasteiger partial charge < -0.3 is 4.74 Å². The van der Waals surface area contributed by atoms with Gasteiger partial charge >= 0.3 is 0 Å². The number of methoxy groups -OCH3 is 1. The van der Waals surface area contributed by atoms with Crippen LogP contribution in [-0.4, -0.2) is 30.9 Å². The summed E-state index contributed by atoms with van der Waals surface area (Å²) >= 11 is 0. The zero-order valence-corrected chi connectivity index (χ0v) is 12.1. The van der Waals surface area contributed by atoms with Gasteiger partial charge in [0.05, 0.1) is 7.11 Å². The van der Waals surface area contributed by atoms with E-state index in [2.05, 4.69) is 31.0 Å². The Labute approximate surface area is 115 Å². The van der Waals surface area contributed by atoms with Crippen molar-refractivity contribution in [1.82, 2.24) is 4.90 Å². The largest absolute Gasteiger partial charge is 0.496 e. The van der Waals surface area contributed by atoms with E-state index in [4.69, 9.17) is 4.74 Å². The molecule has 1 aromatic rings. The summed E-state index contributed by atoms with van der Waals surface area (Å²) in [6.45, 7) is 2.98. The van der Waals surface area contributed by atoms with E-state index in [-0.39, 0.29) is 0 Å². The first-order valence-corrected chi connectivity index (χ1v) is 6.95. The first-order chi connectivity index (χ1) is 9.10. The van der Waals surface area contributed by atoms with Crippen molar-refractivity contribution in [3.8, 4) is 5.75 Å². The van der Waals surface area contributed by atoms with E-state index in [0.717, 1.165) is 38.0 Å². The summed E-state index contributed by atoms with van der Waals surface area (Å²) < 4.78 is 5.42. The van der Waals surface area contributed by atoms with Crippen LogP contribution in [0.25, 0.3) is 0 Å². The van der Waals surface area contributed by atoms with Gasteiger partial charge in [-0.25, -0.2) is 0 Å². The third kappa shape index (κ3) is 3.57. The summed E-state index contributed by atoms with van der Waals surface area (Å²) in [7, 11) is 3.86. The molecule has 0 bridgehead atoms. The minimum atomic E-state index is 0.415. The van der Waals surface area contributed by atoms with E-state index < -0.39 is 0 Å². The molecule has 0 saturated heterocycles. The van der Waals surface area contributed by atoms with Crippen molar-refractivity contribution in [2.45, 2.75) is 45.2 Å². The van der Waals surface area contributed by atoms with E-state index in [0.29, 0.717) is 11.8 Å². The monoisotopic (exact) mass is 261 g/mol. The Balaban J connectivity index is 2.03. The molecule has 1 aromatic carbocycles. The zero-order chi connectivity index (χ0) is 13.8. The predicted molar refractivity (Wildman–Crippen MR) is 76.5 cm³/mol. The van der Waals surface area contributed by atoms with Crippen molar-refractivity contribution in [1.29, 1.82) is 0 Å². The van der Waals surface area contributed by atoms with Crippen molar-refractivity contribution in [3.63, 3.8) is 0 Å². The number of rotatable bonds is 4. The van der Waals surface area contributed by atoms with Crippen LogP contribution in [0.1, 0.15) is 36.8 Å². The smallest absolute Gasteiger partial charge is 0.133 e. The molecule has 1 fully saturated rings. The molecule has 0 aliphatic heterocycles. The highest BCUT2D eigenvalue weighted by Crippen LogP contribution is 2.25. The maximum atomic E-state index is 11.3. The molecule has 0 N–H and O–H groups in total. The second-order valence-corrected chi connectivity index (χ2v) is 5.50. The fourth-order valence-corrected chi connectivity index (χ4v) is 2.79. The number of aryl methyl sites for hydroxylation is 1. The van der Waals surface area contributed by atoms with Crippen molar-refractivity contribution in [2.24, 2.45) is 0 Å². The van der Waals surface area contributed by atoms with E-state index in [1.807, 2.05) is 6.07 Å². The number of hydrogen-bond acceptors (Lipinski definition) is 3. The molecule has 0 heterocycles. The van der Waals surface area contributed by atoms with Crippen molar-refractivity contribution >= 4 is 5.78 Å². The third-order valence-electron chi connectivity index (χ3n) is 3.99. The van der Waals surface area contributed by atoms with Crippen molar-refractivity contribution in [3.05, 3.63) is 29.3 Å². The van der Waals surface area contributed by atoms with Crippen LogP contribution in [0.3, 0.4) is 0 Å². The van der Waals surface area contributed by atoms with Crippen molar-refractivity contribution in [2.75, 3.05) is 14.2 Å². The van der Waals surface area contributed by atoms with Crippen LogP contribution in [0.15, 0.2) is 18.2 Å². The summed E-state index contributed by atoms with van der Waals surface area (Å²) in [4.78, 5) is 13.6. The lowest BCUT2D eigenvalue weighted by Gasteiger charge is -2.31. The number of nitrogens with zero attached hydrogens (tertiary/aromatic N) is 1. The SMILES string of the molecule is COc1ccc(C)cc1CN(C)C1CCC(=O)CC1. The lowest BCUT2D eigenvalue weighted by atomic mass is 9.93. The maximum absolute atomic E-state index is 11.3. The van der Waals surface area contributed by atoms with E-state index in [1.54, 1.807) is 7.11 Å². The normalized spacial score (nSPS) is 16.9. The highest BCUT2D eigenvalue weighted by molar-refractivity contribution is 5.79. The van der Waals surface area contributed by atoms with Crippen LogP contribution in [0.4, 0.5) is 0 Å². The molecular weight excluding hydrogens is 238 g/mol. The molecule has 0 radical (unpaired) electrons. The van der Waals surface area contributed by atoms with Crippen LogP contribution >= 0.6 is 0 Å². The lowest BCUT2D eigenvalue weighted by Crippen LogP contribution is -2.34. The van der Waals surface area contributed by atoms with Gasteiger partial charge in [-0.3, -0.25) is 9.69 Å². The number of benzene rings is 1. The molecule has 0 aromatic heterocycles. The van der Waals surface area contributed by atoms with Gasteiger partial charge in [-0.2, -0.15) is 0 Å². The zero-order valence-electron chi connectivity index (χ0n) is 12.1. The number of ketones is 1. The molecular formula is C16H23NO2. The molecule has 0 amide bonds. The highest BCUT2D eigenvalue weighted by atomic mass is 16.5. The Morgan fingerprint density at radius 1 is 1.32 bits per heavy atom. The number of hydrogen-bond donors (Lipinski definition) is 0. The Morgan fingerprint density at radius 3 is 2.63 bits per heavy atom. The third-order valence-corrected chi connectivity index (χ3v) is 3.99. The maximum Gasteiger partial charge on any atom is 0.133 e. The molecule has 104 valence electrons. The van der Waals surface area contributed by atoms with Gasteiger partial charge in [-0.15, -0.1) is 0 Å². The Morgan fingerprint density at radius 2 is 2.00 bits per heavy atom. The molecule has 2 rings (SSSR count). The fourth-order valence-electron chi connectivity index (χ4n) is 2.79. The van der Waals surface area contributed by atoms with Crippen LogP contribution in [-0.2, 0) is 11.3 Å². The molecule has 3 heteroatoms. The molecule has 0 spiro atoms. The van der Waals surface area contributed by atoms with Gasteiger partial charge in [0.1, 0.15) is 11.5 Å². The average Bonchev–Trinajstić information content (AvgIpc) is 2.39. The van der Waals surface area contributed by atoms with Crippen LogP contribution in [0.5, 0.6) is 5.75 Å². The van der Waals surface area contributed by atoms with Crippen LogP contribution in [0, 0.1) is 6.92 Å². The van der Waals surface area contributed by atoms with E-state index in [1.165, 1.54) is 11.1 Å². The first kappa shape index (κ1) is 14.1. The van der Waals surface area contributed by atoms with Gasteiger partial charge in [0.25, 0.3) is 0 Å². The fraction of sp³-hybridized carbons (Fsp3) is 0.562. The number of carbonyl (C=O) groups is 1. The number of carbonyl (C=O) groups excluding carboxylic acids is 1. The molecule has 1 aliphatic carbocycles. The summed E-state index contributed by atoms with van der Waals surface area (Å²) in [5, 5.41) is 0. The summed E-state index contributed by atoms with van der Waals surface area (Å²) in [6, 6.07) is 6.80. The highest BCUT2D eigenvalue weighted by Gasteiger charge is 2.22. The van der Waals surface area contributed by atoms with Gasteiger partial charge in [0, 0.05) is 31.0 Å². The second kappa shape index (κ2) is 6.20. The lowest BCUT2D eigenvalue weighted by molar-refractivity contribution is -0.121. The first-order valence-electron chi connectivity index (χ1n) is 6.95. The summed E-state index contributed by atoms with van der Waals surface area (Å²) in [6.07, 6.45) is 3.45. The average molecular weight is 261 g/mol. The molecule has 19 heavy (non-hydrogen) atoms. The second-order valence-electron chi connectivity index (χ2n) is 5.50. The molecule has 3 nitrogen and oxygen atoms in total. The molecule has 0 atom stereocenters. The summed E-state index contributed by atoms with van der Waals surface area (Å²) in [5.41, 5.74) is 2.48. The van der Waals surface area contributed by atoms with E-state index >= 15 is 0 Å².